The summed E-state index contributed by atoms with van der Waals surface area (Å²) in [5.74, 6) is 0. The Hall–Kier alpha value is -5.64. The van der Waals surface area contributed by atoms with E-state index in [9.17, 15) is 0 Å². The van der Waals surface area contributed by atoms with E-state index in [1.807, 2.05) is 23.5 Å². The molecule has 10 rings (SSSR count). The van der Waals surface area contributed by atoms with Crippen LogP contribution in [0.1, 0.15) is 23.6 Å². The second kappa shape index (κ2) is 9.93. The topological polar surface area (TPSA) is 16.4 Å². The summed E-state index contributed by atoms with van der Waals surface area (Å²) in [6.45, 7) is 2.41. The number of anilines is 3. The van der Waals surface area contributed by atoms with Gasteiger partial charge in [0.05, 0.1) is 0 Å². The smallest absolute Gasteiger partial charge is 0.137 e. The lowest BCUT2D eigenvalue weighted by Crippen LogP contribution is -2.22. The van der Waals surface area contributed by atoms with Gasteiger partial charge in [0.25, 0.3) is 0 Å². The van der Waals surface area contributed by atoms with Crippen molar-refractivity contribution in [2.45, 2.75) is 12.3 Å². The Morgan fingerprint density at radius 1 is 0.468 bits per heavy atom. The molecule has 0 atom stereocenters. The fourth-order valence-corrected chi connectivity index (χ4v) is 9.16. The fraction of sp³-hybridized carbons (Fsp3) is 0.0455. The van der Waals surface area contributed by atoms with Crippen LogP contribution >= 0.6 is 11.3 Å². The molecule has 222 valence electrons. The molecule has 1 aliphatic rings. The van der Waals surface area contributed by atoms with Gasteiger partial charge in [-0.05, 0) is 83.3 Å². The molecule has 0 amide bonds. The quantitative estimate of drug-likeness (QED) is 0.195. The lowest BCUT2D eigenvalue weighted by Gasteiger charge is -2.29. The van der Waals surface area contributed by atoms with Crippen molar-refractivity contribution in [1.29, 1.82) is 0 Å². The van der Waals surface area contributed by atoms with Gasteiger partial charge >= 0.3 is 0 Å². The molecule has 0 saturated carbocycles. The molecule has 9 aromatic rings. The maximum absolute atomic E-state index is 6.32. The summed E-state index contributed by atoms with van der Waals surface area (Å²) in [4.78, 5) is 2.34. The summed E-state index contributed by atoms with van der Waals surface area (Å²) >= 11 is 1.88. The Balaban J connectivity index is 1.17. The number of thiophene rings is 1. The Labute approximate surface area is 276 Å². The molecule has 2 aromatic heterocycles. The van der Waals surface area contributed by atoms with Gasteiger partial charge in [0, 0.05) is 59.5 Å². The number of hydrogen-bond donors (Lipinski definition) is 0. The number of furan rings is 1. The molecule has 0 bridgehead atoms. The van der Waals surface area contributed by atoms with Crippen molar-refractivity contribution < 1.29 is 4.42 Å². The number of hydrogen-bond acceptors (Lipinski definition) is 3. The van der Waals surface area contributed by atoms with Gasteiger partial charge in [-0.2, -0.15) is 0 Å². The largest absolute Gasteiger partial charge is 0.456 e. The average molecular weight is 620 g/mol. The minimum Gasteiger partial charge on any atom is -0.456 e. The maximum atomic E-state index is 6.32. The molecule has 0 fully saturated rings. The van der Waals surface area contributed by atoms with Crippen molar-refractivity contribution in [3.8, 4) is 11.1 Å². The summed E-state index contributed by atoms with van der Waals surface area (Å²) in [7, 11) is 0. The van der Waals surface area contributed by atoms with E-state index in [0.717, 1.165) is 39.0 Å². The van der Waals surface area contributed by atoms with Crippen LogP contribution in [0.25, 0.3) is 53.2 Å². The highest BCUT2D eigenvalue weighted by Gasteiger charge is 2.41. The van der Waals surface area contributed by atoms with Gasteiger partial charge < -0.3 is 9.32 Å². The first kappa shape index (κ1) is 26.6. The summed E-state index contributed by atoms with van der Waals surface area (Å²) < 4.78 is 8.91. The lowest BCUT2D eigenvalue weighted by atomic mass is 9.73. The molecule has 7 aromatic carbocycles. The van der Waals surface area contributed by atoms with E-state index in [1.165, 1.54) is 48.0 Å². The van der Waals surface area contributed by atoms with E-state index in [0.29, 0.717) is 0 Å². The van der Waals surface area contributed by atoms with Crippen molar-refractivity contribution in [2.75, 3.05) is 4.90 Å². The fourth-order valence-electron chi connectivity index (χ4n) is 7.99. The van der Waals surface area contributed by atoms with Crippen molar-refractivity contribution in [3.63, 3.8) is 0 Å². The summed E-state index contributed by atoms with van der Waals surface area (Å²) in [5, 5.41) is 4.92. The Kier molecular flexibility index (Phi) is 5.61. The molecule has 2 heterocycles. The lowest BCUT2D eigenvalue weighted by molar-refractivity contribution is 0.669. The Morgan fingerprint density at radius 2 is 1.09 bits per heavy atom. The highest BCUT2D eigenvalue weighted by Crippen LogP contribution is 2.55. The van der Waals surface area contributed by atoms with Crippen molar-refractivity contribution >= 4 is 70.5 Å². The highest BCUT2D eigenvalue weighted by molar-refractivity contribution is 7.25. The highest BCUT2D eigenvalue weighted by atomic mass is 32.1. The molecule has 0 unspecified atom stereocenters. The van der Waals surface area contributed by atoms with E-state index in [4.69, 9.17) is 4.42 Å². The van der Waals surface area contributed by atoms with Gasteiger partial charge in [-0.15, -0.1) is 11.3 Å². The molecule has 0 aliphatic heterocycles. The predicted molar refractivity (Wildman–Crippen MR) is 199 cm³/mol. The summed E-state index contributed by atoms with van der Waals surface area (Å²) in [5.41, 5.74) is 11.6. The monoisotopic (exact) mass is 619 g/mol. The molecule has 0 N–H and O–H groups in total. The molecular formula is C44H29NOS. The second-order valence-electron chi connectivity index (χ2n) is 12.6. The zero-order chi connectivity index (χ0) is 31.1. The van der Waals surface area contributed by atoms with Gasteiger partial charge in [-0.3, -0.25) is 0 Å². The molecule has 0 radical (unpaired) electrons. The zero-order valence-electron chi connectivity index (χ0n) is 25.8. The molecule has 0 saturated heterocycles. The van der Waals surface area contributed by atoms with Crippen LogP contribution < -0.4 is 4.90 Å². The number of benzene rings is 7. The molecule has 1 aliphatic carbocycles. The number of fused-ring (bicyclic) bond motifs is 9. The molecule has 47 heavy (non-hydrogen) atoms. The van der Waals surface area contributed by atoms with Crippen LogP contribution in [0.4, 0.5) is 17.1 Å². The standard InChI is InChI=1S/C44H29NOS/c1-44(36-17-8-5-14-31(36)32-15-6-9-18-37(32)44)38-19-11-21-41-43(38)35-25-23-30(27-42(35)47-41)45(28-12-3-2-4-13-28)29-22-24-34-33-16-7-10-20-39(33)46-40(34)26-29/h2-27H,1H3. The van der Waals surface area contributed by atoms with Crippen molar-refractivity contribution in [2.24, 2.45) is 0 Å². The third kappa shape index (κ3) is 3.78. The first-order valence-corrected chi connectivity index (χ1v) is 16.9. The number of para-hydroxylation sites is 2. The van der Waals surface area contributed by atoms with Gasteiger partial charge in [0.2, 0.25) is 0 Å². The molecular weight excluding hydrogens is 591 g/mol. The second-order valence-corrected chi connectivity index (χ2v) is 13.7. The summed E-state index contributed by atoms with van der Waals surface area (Å²) in [6.07, 6.45) is 0. The minimum absolute atomic E-state index is 0.253. The Morgan fingerprint density at radius 3 is 1.87 bits per heavy atom. The van der Waals surface area contributed by atoms with Gasteiger partial charge in [-0.25, -0.2) is 0 Å². The summed E-state index contributed by atoms with van der Waals surface area (Å²) in [6, 6.07) is 57.2. The van der Waals surface area contributed by atoms with E-state index in [1.54, 1.807) is 0 Å². The normalized spacial score (nSPS) is 13.4. The van der Waals surface area contributed by atoms with Crippen LogP contribution in [-0.4, -0.2) is 0 Å². The zero-order valence-corrected chi connectivity index (χ0v) is 26.6. The van der Waals surface area contributed by atoms with Crippen LogP contribution in [0.2, 0.25) is 0 Å². The average Bonchev–Trinajstić information content (AvgIpc) is 3.77. The van der Waals surface area contributed by atoms with Crippen molar-refractivity contribution in [1.82, 2.24) is 0 Å². The first-order valence-electron chi connectivity index (χ1n) is 16.1. The third-order valence-electron chi connectivity index (χ3n) is 10.1. The van der Waals surface area contributed by atoms with Crippen molar-refractivity contribution in [3.05, 3.63) is 174 Å². The van der Waals surface area contributed by atoms with Gasteiger partial charge in [0.15, 0.2) is 0 Å². The van der Waals surface area contributed by atoms with E-state index < -0.39 is 0 Å². The van der Waals surface area contributed by atoms with E-state index >= 15 is 0 Å². The van der Waals surface area contributed by atoms with Crippen LogP contribution in [0.5, 0.6) is 0 Å². The predicted octanol–water partition coefficient (Wildman–Crippen LogP) is 12.8. The Bertz CT molecular complexity index is 2620. The number of nitrogens with zero attached hydrogens (tertiary/aromatic N) is 1. The maximum Gasteiger partial charge on any atom is 0.137 e. The van der Waals surface area contributed by atoms with Crippen LogP contribution in [0.15, 0.2) is 162 Å². The van der Waals surface area contributed by atoms with E-state index in [-0.39, 0.29) is 5.41 Å². The van der Waals surface area contributed by atoms with Crippen LogP contribution in [0, 0.1) is 0 Å². The van der Waals surface area contributed by atoms with Crippen LogP contribution in [-0.2, 0) is 5.41 Å². The third-order valence-corrected chi connectivity index (χ3v) is 11.3. The molecule has 3 heteroatoms. The van der Waals surface area contributed by atoms with Crippen LogP contribution in [0.3, 0.4) is 0 Å². The minimum atomic E-state index is -0.253. The van der Waals surface area contributed by atoms with Gasteiger partial charge in [0.1, 0.15) is 11.2 Å². The van der Waals surface area contributed by atoms with E-state index in [2.05, 4.69) is 157 Å². The SMILES string of the molecule is CC1(c2cccc3sc4cc(N(c5ccccc5)c5ccc6c(c5)oc5ccccc56)ccc4c23)c2ccccc2-c2ccccc21. The molecule has 0 spiro atoms. The number of rotatable bonds is 4. The van der Waals surface area contributed by atoms with Gasteiger partial charge in [-0.1, -0.05) is 103 Å². The molecule has 2 nitrogen and oxygen atoms in total. The first-order chi connectivity index (χ1) is 23.2.